The fraction of sp³-hybridized carbons (Fsp3) is 0.367. The Bertz CT molecular complexity index is 2550. The predicted molar refractivity (Wildman–Crippen MR) is 249 cm³/mol. The highest BCUT2D eigenvalue weighted by molar-refractivity contribution is 6.06. The smallest absolute Gasteiger partial charge is 0.328 e. The first-order chi connectivity index (χ1) is 32.1. The van der Waals surface area contributed by atoms with Crippen LogP contribution in [0.2, 0.25) is 0 Å². The van der Waals surface area contributed by atoms with E-state index in [4.69, 9.17) is 20.6 Å². The number of rotatable bonds is 13. The van der Waals surface area contributed by atoms with E-state index < -0.39 is 11.9 Å². The molecular weight excluding hydrogens is 839 g/mol. The molecule has 3 saturated heterocycles. The Morgan fingerprint density at radius 2 is 1.55 bits per heavy atom. The Morgan fingerprint density at radius 3 is 2.23 bits per heavy atom. The van der Waals surface area contributed by atoms with Gasteiger partial charge in [0.1, 0.15) is 34.4 Å². The molecule has 4 N–H and O–H groups in total. The highest BCUT2D eigenvalue weighted by Crippen LogP contribution is 2.40. The molecular formula is C49H55N11O6. The minimum absolute atomic E-state index is 0.0653. The third kappa shape index (κ3) is 9.71. The normalized spacial score (nSPS) is 17.9. The lowest BCUT2D eigenvalue weighted by molar-refractivity contribution is -0.133. The zero-order valence-corrected chi connectivity index (χ0v) is 37.1. The minimum Gasteiger partial charge on any atom is -0.457 e. The molecule has 3 fully saturated rings. The third-order valence-corrected chi connectivity index (χ3v) is 13.1. The maximum Gasteiger partial charge on any atom is 0.328 e. The summed E-state index contributed by atoms with van der Waals surface area (Å²) in [5.41, 5.74) is 9.92. The summed E-state index contributed by atoms with van der Waals surface area (Å²) in [6, 6.07) is 27.7. The van der Waals surface area contributed by atoms with Crippen LogP contribution < -0.4 is 30.9 Å². The van der Waals surface area contributed by atoms with E-state index in [0.29, 0.717) is 112 Å². The molecule has 17 nitrogen and oxygen atoms in total. The van der Waals surface area contributed by atoms with Crippen molar-refractivity contribution < 1.29 is 28.7 Å². The molecule has 0 unspecified atom stereocenters. The van der Waals surface area contributed by atoms with Gasteiger partial charge in [0, 0.05) is 101 Å². The molecule has 4 aliphatic rings. The average molecular weight is 894 g/mol. The summed E-state index contributed by atoms with van der Waals surface area (Å²) < 4.78 is 7.93. The number of primary amides is 1. The third-order valence-electron chi connectivity index (χ3n) is 13.1. The van der Waals surface area contributed by atoms with Gasteiger partial charge in [-0.25, -0.2) is 14.5 Å². The number of fused-ring (bicyclic) bond motifs is 1. The van der Waals surface area contributed by atoms with Gasteiger partial charge in [0.2, 0.25) is 11.8 Å². The van der Waals surface area contributed by atoms with E-state index in [2.05, 4.69) is 26.5 Å². The van der Waals surface area contributed by atoms with Gasteiger partial charge < -0.3 is 35.4 Å². The van der Waals surface area contributed by atoms with Crippen LogP contribution in [0, 0.1) is 5.92 Å². The number of para-hydroxylation sites is 1. The van der Waals surface area contributed by atoms with Crippen LogP contribution in [0.3, 0.4) is 0 Å². The van der Waals surface area contributed by atoms with E-state index in [1.54, 1.807) is 24.3 Å². The molecule has 5 aromatic rings. The van der Waals surface area contributed by atoms with Gasteiger partial charge in [-0.3, -0.25) is 29.4 Å². The second-order valence-electron chi connectivity index (χ2n) is 17.4. The quantitative estimate of drug-likeness (QED) is 0.138. The molecule has 9 rings (SSSR count). The number of aromatic nitrogens is 3. The second-order valence-corrected chi connectivity index (χ2v) is 17.4. The molecule has 6 heterocycles. The maximum atomic E-state index is 13.4. The highest BCUT2D eigenvalue weighted by Gasteiger charge is 2.36. The van der Waals surface area contributed by atoms with Crippen molar-refractivity contribution >= 4 is 47.0 Å². The first-order valence-corrected chi connectivity index (χ1v) is 22.7. The Hall–Kier alpha value is -7.27. The van der Waals surface area contributed by atoms with E-state index in [-0.39, 0.29) is 30.2 Å². The van der Waals surface area contributed by atoms with Crippen molar-refractivity contribution in [2.75, 3.05) is 81.1 Å². The number of nitrogens with zero attached hydrogens (tertiary/aromatic N) is 8. The second kappa shape index (κ2) is 19.5. The summed E-state index contributed by atoms with van der Waals surface area (Å²) in [4.78, 5) is 77.7. The van der Waals surface area contributed by atoms with Crippen LogP contribution in [0.25, 0.3) is 11.3 Å². The number of nitrogens with two attached hydrogens (primary N) is 1. The SMILES string of the molecule is CN(CCC(=O)N1CCC([C@@H]2CCNc3c(C(N)=O)c(-c4ccc(Oc5ccccc5)cc4)nn32)CC1)Cc1ccc(N2CCN(C(=O)c3ccc(N4CCC(=O)NC4=O)cc3)CC2)nc1. The van der Waals surface area contributed by atoms with Crippen LogP contribution in [0.15, 0.2) is 97.2 Å². The van der Waals surface area contributed by atoms with Crippen molar-refractivity contribution in [3.63, 3.8) is 0 Å². The van der Waals surface area contributed by atoms with Crippen molar-refractivity contribution in [3.8, 4) is 22.8 Å². The van der Waals surface area contributed by atoms with Gasteiger partial charge >= 0.3 is 6.03 Å². The number of amides is 6. The number of benzene rings is 3. The Kier molecular flexibility index (Phi) is 13.0. The number of anilines is 3. The number of ether oxygens (including phenoxy) is 1. The van der Waals surface area contributed by atoms with Crippen molar-refractivity contribution in [1.82, 2.24) is 34.8 Å². The van der Waals surface area contributed by atoms with Crippen LogP contribution in [0.5, 0.6) is 11.5 Å². The topological polar surface area (TPSA) is 192 Å². The molecule has 0 aliphatic carbocycles. The van der Waals surface area contributed by atoms with Crippen LogP contribution in [-0.2, 0) is 16.1 Å². The zero-order chi connectivity index (χ0) is 45.7. The summed E-state index contributed by atoms with van der Waals surface area (Å²) in [7, 11) is 2.02. The van der Waals surface area contributed by atoms with Gasteiger partial charge in [0.15, 0.2) is 0 Å². The number of piperazine rings is 1. The molecule has 4 aliphatic heterocycles. The molecule has 0 spiro atoms. The fourth-order valence-electron chi connectivity index (χ4n) is 9.46. The van der Waals surface area contributed by atoms with Crippen molar-refractivity contribution in [2.45, 2.75) is 44.7 Å². The van der Waals surface area contributed by atoms with E-state index in [1.807, 2.05) is 88.4 Å². The van der Waals surface area contributed by atoms with Gasteiger partial charge in [-0.15, -0.1) is 0 Å². The van der Waals surface area contributed by atoms with E-state index in [1.165, 1.54) is 4.90 Å². The number of imide groups is 1. The van der Waals surface area contributed by atoms with E-state index in [0.717, 1.165) is 42.0 Å². The average Bonchev–Trinajstić information content (AvgIpc) is 3.75. The summed E-state index contributed by atoms with van der Waals surface area (Å²) in [6.07, 6.45) is 5.11. The molecule has 0 radical (unpaired) electrons. The van der Waals surface area contributed by atoms with Crippen molar-refractivity contribution in [1.29, 1.82) is 0 Å². The number of piperidine rings is 1. The summed E-state index contributed by atoms with van der Waals surface area (Å²) >= 11 is 0. The number of likely N-dealkylation sites (tertiary alicyclic amines) is 1. The molecule has 6 amide bonds. The summed E-state index contributed by atoms with van der Waals surface area (Å²) in [5, 5.41) is 10.7. The number of carbonyl (C=O) groups excluding carboxylic acids is 5. The highest BCUT2D eigenvalue weighted by atomic mass is 16.5. The summed E-state index contributed by atoms with van der Waals surface area (Å²) in [6.45, 7) is 6.06. The van der Waals surface area contributed by atoms with Gasteiger partial charge in [-0.1, -0.05) is 24.3 Å². The molecule has 0 saturated carbocycles. The molecule has 66 heavy (non-hydrogen) atoms. The van der Waals surface area contributed by atoms with Gasteiger partial charge in [0.25, 0.3) is 11.8 Å². The standard InChI is InChI=1S/C49H55N11O6/c1-55(32-33-7-16-41(52-31-33)56-27-29-58(30-28-56)48(64)36-8-12-37(13-9-36)59-26-20-42(61)53-49(59)65)23-21-43(62)57-24-18-34(19-25-57)40-17-22-51-47-44(46(50)63)45(54-60(40)47)35-10-14-39(15-11-35)66-38-5-3-2-4-6-38/h2-16,31,34,40,51H,17-30,32H2,1H3,(H2,50,63)(H,53,61,65)/t40-/m0/s1. The molecule has 2 aromatic heterocycles. The molecule has 17 heteroatoms. The first kappa shape index (κ1) is 44.0. The fourth-order valence-corrected chi connectivity index (χ4v) is 9.46. The largest absolute Gasteiger partial charge is 0.457 e. The lowest BCUT2D eigenvalue weighted by Crippen LogP contribution is -2.49. The lowest BCUT2D eigenvalue weighted by Gasteiger charge is -2.38. The Balaban J connectivity index is 0.718. The van der Waals surface area contributed by atoms with Crippen molar-refractivity contribution in [2.24, 2.45) is 11.7 Å². The lowest BCUT2D eigenvalue weighted by atomic mass is 9.86. The van der Waals surface area contributed by atoms with Gasteiger partial charge in [0.05, 0.1) is 6.04 Å². The Morgan fingerprint density at radius 1 is 0.818 bits per heavy atom. The maximum absolute atomic E-state index is 13.4. The molecule has 3 aromatic carbocycles. The van der Waals surface area contributed by atoms with Crippen LogP contribution in [0.1, 0.15) is 64.4 Å². The number of hydrogen-bond donors (Lipinski definition) is 3. The van der Waals surface area contributed by atoms with E-state index >= 15 is 0 Å². The van der Waals surface area contributed by atoms with Crippen LogP contribution >= 0.6 is 0 Å². The minimum atomic E-state index is -0.529. The molecule has 342 valence electrons. The number of urea groups is 1. The van der Waals surface area contributed by atoms with E-state index in [9.17, 15) is 24.0 Å². The first-order valence-electron chi connectivity index (χ1n) is 22.7. The number of hydrogen-bond acceptors (Lipinski definition) is 11. The van der Waals surface area contributed by atoms with Crippen molar-refractivity contribution in [3.05, 3.63) is 114 Å². The monoisotopic (exact) mass is 893 g/mol. The number of carbonyl (C=O) groups is 5. The number of nitrogens with one attached hydrogen (secondary N) is 2. The van der Waals surface area contributed by atoms with Gasteiger partial charge in [-0.05, 0) is 105 Å². The van der Waals surface area contributed by atoms with Crippen LogP contribution in [-0.4, -0.2) is 125 Å². The Labute approximate surface area is 383 Å². The number of pyridine rings is 1. The molecule has 1 atom stereocenters. The summed E-state index contributed by atoms with van der Waals surface area (Å²) in [5.74, 6) is 2.50. The predicted octanol–water partition coefficient (Wildman–Crippen LogP) is 5.36. The van der Waals surface area contributed by atoms with Gasteiger partial charge in [-0.2, -0.15) is 5.10 Å². The van der Waals surface area contributed by atoms with Crippen LogP contribution in [0.4, 0.5) is 22.1 Å². The zero-order valence-electron chi connectivity index (χ0n) is 37.1. The molecule has 0 bridgehead atoms.